The zero-order chi connectivity index (χ0) is 12.5. The lowest BCUT2D eigenvalue weighted by atomic mass is 10.0. The Morgan fingerprint density at radius 2 is 1.82 bits per heavy atom. The molecule has 0 fully saturated rings. The number of rotatable bonds is 8. The molecule has 0 bridgehead atoms. The lowest BCUT2D eigenvalue weighted by Gasteiger charge is -2.16. The Morgan fingerprint density at radius 1 is 1.12 bits per heavy atom. The van der Waals surface area contributed by atoms with Crippen LogP contribution >= 0.6 is 22.6 Å². The number of benzene rings is 1. The first-order valence-corrected chi connectivity index (χ1v) is 7.82. The van der Waals surface area contributed by atoms with Gasteiger partial charge < -0.3 is 5.32 Å². The summed E-state index contributed by atoms with van der Waals surface area (Å²) in [6.45, 7) is 5.56. The fourth-order valence-corrected chi connectivity index (χ4v) is 2.55. The third-order valence-electron chi connectivity index (χ3n) is 3.06. The van der Waals surface area contributed by atoms with Gasteiger partial charge in [0, 0.05) is 9.61 Å². The molecule has 0 heterocycles. The van der Waals surface area contributed by atoms with E-state index in [9.17, 15) is 0 Å². The standard InChI is InChI=1S/C15H24IN/c1-3-6-15(17-4-2)8-5-7-13-9-11-14(16)12-10-13/h9-12,15,17H,3-8H2,1-2H3. The highest BCUT2D eigenvalue weighted by molar-refractivity contribution is 14.1. The molecule has 96 valence electrons. The SMILES string of the molecule is CCCC(CCCc1ccc(I)cc1)NCC. The highest BCUT2D eigenvalue weighted by atomic mass is 127. The molecule has 2 heteroatoms. The maximum absolute atomic E-state index is 3.58. The molecule has 1 unspecified atom stereocenters. The molecule has 0 aliphatic heterocycles. The molecule has 0 aliphatic carbocycles. The summed E-state index contributed by atoms with van der Waals surface area (Å²) in [5.41, 5.74) is 1.47. The van der Waals surface area contributed by atoms with Crippen molar-refractivity contribution in [2.24, 2.45) is 0 Å². The van der Waals surface area contributed by atoms with Gasteiger partial charge in [0.1, 0.15) is 0 Å². The quantitative estimate of drug-likeness (QED) is 0.689. The van der Waals surface area contributed by atoms with Crippen molar-refractivity contribution in [1.82, 2.24) is 5.32 Å². The minimum absolute atomic E-state index is 0.717. The smallest absolute Gasteiger partial charge is 0.0130 e. The number of hydrogen-bond donors (Lipinski definition) is 1. The minimum Gasteiger partial charge on any atom is -0.314 e. The molecule has 0 spiro atoms. The summed E-state index contributed by atoms with van der Waals surface area (Å²) in [6.07, 6.45) is 6.39. The Kier molecular flexibility index (Phi) is 7.86. The second-order valence-electron chi connectivity index (χ2n) is 4.56. The van der Waals surface area contributed by atoms with E-state index in [0.29, 0.717) is 6.04 Å². The normalized spacial score (nSPS) is 12.6. The molecule has 1 N–H and O–H groups in total. The summed E-state index contributed by atoms with van der Waals surface area (Å²) in [7, 11) is 0. The predicted molar refractivity (Wildman–Crippen MR) is 84.5 cm³/mol. The number of halogens is 1. The van der Waals surface area contributed by atoms with Crippen LogP contribution in [-0.2, 0) is 6.42 Å². The fraction of sp³-hybridized carbons (Fsp3) is 0.600. The molecule has 0 amide bonds. The highest BCUT2D eigenvalue weighted by Crippen LogP contribution is 2.12. The van der Waals surface area contributed by atoms with Crippen molar-refractivity contribution in [3.8, 4) is 0 Å². The Morgan fingerprint density at radius 3 is 2.41 bits per heavy atom. The van der Waals surface area contributed by atoms with E-state index in [0.717, 1.165) is 6.54 Å². The molecule has 0 aliphatic rings. The molecule has 0 aromatic heterocycles. The second-order valence-corrected chi connectivity index (χ2v) is 5.81. The predicted octanol–water partition coefficient (Wildman–Crippen LogP) is 4.39. The van der Waals surface area contributed by atoms with E-state index >= 15 is 0 Å². The van der Waals surface area contributed by atoms with Crippen LogP contribution in [0.5, 0.6) is 0 Å². The van der Waals surface area contributed by atoms with E-state index in [4.69, 9.17) is 0 Å². The summed E-state index contributed by atoms with van der Waals surface area (Å²) in [5, 5.41) is 3.58. The summed E-state index contributed by atoms with van der Waals surface area (Å²) >= 11 is 2.36. The summed E-state index contributed by atoms with van der Waals surface area (Å²) in [6, 6.07) is 9.62. The average Bonchev–Trinajstić information content (AvgIpc) is 2.32. The lowest BCUT2D eigenvalue weighted by molar-refractivity contribution is 0.447. The fourth-order valence-electron chi connectivity index (χ4n) is 2.19. The topological polar surface area (TPSA) is 12.0 Å². The van der Waals surface area contributed by atoms with Crippen LogP contribution in [0, 0.1) is 3.57 Å². The Hall–Kier alpha value is -0.0900. The number of hydrogen-bond acceptors (Lipinski definition) is 1. The third-order valence-corrected chi connectivity index (χ3v) is 3.78. The van der Waals surface area contributed by atoms with Gasteiger partial charge in [-0.1, -0.05) is 32.4 Å². The number of aryl methyl sites for hydroxylation is 1. The van der Waals surface area contributed by atoms with Crippen LogP contribution in [0.3, 0.4) is 0 Å². The third kappa shape index (κ3) is 6.41. The van der Waals surface area contributed by atoms with Crippen LogP contribution in [-0.4, -0.2) is 12.6 Å². The summed E-state index contributed by atoms with van der Waals surface area (Å²) in [5.74, 6) is 0. The zero-order valence-corrected chi connectivity index (χ0v) is 13.2. The van der Waals surface area contributed by atoms with E-state index in [2.05, 4.69) is 66.0 Å². The van der Waals surface area contributed by atoms with Crippen molar-refractivity contribution in [2.75, 3.05) is 6.54 Å². The van der Waals surface area contributed by atoms with Crippen LogP contribution in [0.4, 0.5) is 0 Å². The molecule has 0 radical (unpaired) electrons. The van der Waals surface area contributed by atoms with Crippen molar-refractivity contribution >= 4 is 22.6 Å². The highest BCUT2D eigenvalue weighted by Gasteiger charge is 2.05. The van der Waals surface area contributed by atoms with E-state index in [1.165, 1.54) is 41.2 Å². The van der Waals surface area contributed by atoms with E-state index in [-0.39, 0.29) is 0 Å². The van der Waals surface area contributed by atoms with Gasteiger partial charge in [-0.05, 0) is 72.5 Å². The molecule has 1 rings (SSSR count). The molecule has 1 aromatic rings. The van der Waals surface area contributed by atoms with Gasteiger partial charge in [0.2, 0.25) is 0 Å². The Bertz CT molecular complexity index is 288. The van der Waals surface area contributed by atoms with Crippen LogP contribution in [0.1, 0.15) is 45.1 Å². The molecule has 17 heavy (non-hydrogen) atoms. The largest absolute Gasteiger partial charge is 0.314 e. The minimum atomic E-state index is 0.717. The second kappa shape index (κ2) is 8.92. The van der Waals surface area contributed by atoms with E-state index in [1.54, 1.807) is 0 Å². The van der Waals surface area contributed by atoms with Gasteiger partial charge in [-0.25, -0.2) is 0 Å². The Balaban J connectivity index is 2.27. The van der Waals surface area contributed by atoms with E-state index < -0.39 is 0 Å². The molecule has 0 saturated carbocycles. The first-order chi connectivity index (χ1) is 8.26. The summed E-state index contributed by atoms with van der Waals surface area (Å²) < 4.78 is 1.32. The molecule has 1 atom stereocenters. The molecule has 1 aromatic carbocycles. The van der Waals surface area contributed by atoms with Crippen LogP contribution < -0.4 is 5.32 Å². The maximum Gasteiger partial charge on any atom is 0.0130 e. The zero-order valence-electron chi connectivity index (χ0n) is 11.0. The number of nitrogens with one attached hydrogen (secondary N) is 1. The van der Waals surface area contributed by atoms with Crippen molar-refractivity contribution in [3.05, 3.63) is 33.4 Å². The average molecular weight is 345 g/mol. The lowest BCUT2D eigenvalue weighted by Crippen LogP contribution is -2.28. The van der Waals surface area contributed by atoms with Crippen molar-refractivity contribution < 1.29 is 0 Å². The maximum atomic E-state index is 3.58. The van der Waals surface area contributed by atoms with Crippen molar-refractivity contribution in [3.63, 3.8) is 0 Å². The molecular formula is C15H24IN. The summed E-state index contributed by atoms with van der Waals surface area (Å²) in [4.78, 5) is 0. The van der Waals surface area contributed by atoms with Gasteiger partial charge in [-0.3, -0.25) is 0 Å². The van der Waals surface area contributed by atoms with Gasteiger partial charge in [0.25, 0.3) is 0 Å². The molecule has 0 saturated heterocycles. The van der Waals surface area contributed by atoms with Crippen molar-refractivity contribution in [2.45, 2.75) is 52.0 Å². The Labute approximate surface area is 120 Å². The molecule has 1 nitrogen and oxygen atoms in total. The van der Waals surface area contributed by atoms with Gasteiger partial charge in [-0.2, -0.15) is 0 Å². The first kappa shape index (κ1) is 15.0. The monoisotopic (exact) mass is 345 g/mol. The molecular weight excluding hydrogens is 321 g/mol. The van der Waals surface area contributed by atoms with Crippen LogP contribution in [0.15, 0.2) is 24.3 Å². The van der Waals surface area contributed by atoms with Crippen LogP contribution in [0.2, 0.25) is 0 Å². The van der Waals surface area contributed by atoms with Gasteiger partial charge in [0.15, 0.2) is 0 Å². The van der Waals surface area contributed by atoms with Crippen molar-refractivity contribution in [1.29, 1.82) is 0 Å². The first-order valence-electron chi connectivity index (χ1n) is 6.74. The van der Waals surface area contributed by atoms with Gasteiger partial charge >= 0.3 is 0 Å². The van der Waals surface area contributed by atoms with E-state index in [1.807, 2.05) is 0 Å². The van der Waals surface area contributed by atoms with Gasteiger partial charge in [-0.15, -0.1) is 0 Å². The van der Waals surface area contributed by atoms with Gasteiger partial charge in [0.05, 0.1) is 0 Å². The van der Waals surface area contributed by atoms with Crippen LogP contribution in [0.25, 0.3) is 0 Å².